The standard InChI is InChI=1S/C18H23NO2/c1-14-8-9-18(21-3)16(12-14)13-19-17-7-5-4-6-15(17)10-11-20-2/h4-9,12,19H,10-11,13H2,1-3H3. The molecule has 1 N–H and O–H groups in total. The number of hydrogen-bond acceptors (Lipinski definition) is 3. The van der Waals surface area contributed by atoms with Gasteiger partial charge in [0, 0.05) is 24.9 Å². The summed E-state index contributed by atoms with van der Waals surface area (Å²) in [7, 11) is 3.44. The minimum absolute atomic E-state index is 0.729. The summed E-state index contributed by atoms with van der Waals surface area (Å²) in [5.41, 5.74) is 4.82. The smallest absolute Gasteiger partial charge is 0.123 e. The van der Waals surface area contributed by atoms with Crippen LogP contribution in [0.1, 0.15) is 16.7 Å². The van der Waals surface area contributed by atoms with E-state index in [4.69, 9.17) is 9.47 Å². The molecule has 2 rings (SSSR count). The van der Waals surface area contributed by atoms with Crippen molar-refractivity contribution in [3.05, 3.63) is 59.2 Å². The predicted molar refractivity (Wildman–Crippen MR) is 87.1 cm³/mol. The quantitative estimate of drug-likeness (QED) is 0.839. The van der Waals surface area contributed by atoms with Gasteiger partial charge in [0.2, 0.25) is 0 Å². The molecule has 21 heavy (non-hydrogen) atoms. The largest absolute Gasteiger partial charge is 0.496 e. The molecule has 0 saturated heterocycles. The van der Waals surface area contributed by atoms with Crippen LogP contribution in [0.5, 0.6) is 5.75 Å². The Kier molecular flexibility index (Phi) is 5.64. The van der Waals surface area contributed by atoms with Crippen LogP contribution in [0.25, 0.3) is 0 Å². The molecule has 0 aliphatic heterocycles. The molecule has 0 unspecified atom stereocenters. The van der Waals surface area contributed by atoms with Crippen LogP contribution in [0.2, 0.25) is 0 Å². The van der Waals surface area contributed by atoms with E-state index in [1.165, 1.54) is 16.7 Å². The van der Waals surface area contributed by atoms with E-state index in [0.717, 1.165) is 31.0 Å². The second-order valence-corrected chi connectivity index (χ2v) is 5.07. The van der Waals surface area contributed by atoms with Crippen molar-refractivity contribution >= 4 is 5.69 Å². The van der Waals surface area contributed by atoms with Crippen LogP contribution in [0.15, 0.2) is 42.5 Å². The van der Waals surface area contributed by atoms with E-state index in [9.17, 15) is 0 Å². The molecule has 0 aromatic heterocycles. The first-order valence-electron chi connectivity index (χ1n) is 7.19. The first kappa shape index (κ1) is 15.4. The summed E-state index contributed by atoms with van der Waals surface area (Å²) in [4.78, 5) is 0. The minimum atomic E-state index is 0.729. The van der Waals surface area contributed by atoms with E-state index in [0.29, 0.717) is 0 Å². The maximum atomic E-state index is 5.42. The summed E-state index contributed by atoms with van der Waals surface area (Å²) in [6.45, 7) is 3.57. The molecule has 3 nitrogen and oxygen atoms in total. The molecule has 2 aromatic rings. The Morgan fingerprint density at radius 1 is 1.00 bits per heavy atom. The summed E-state index contributed by atoms with van der Waals surface area (Å²) < 4.78 is 10.6. The van der Waals surface area contributed by atoms with Gasteiger partial charge in [-0.3, -0.25) is 0 Å². The molecule has 0 bridgehead atoms. The summed E-state index contributed by atoms with van der Waals surface area (Å²) in [5, 5.41) is 3.50. The zero-order valence-corrected chi connectivity index (χ0v) is 13.0. The van der Waals surface area contributed by atoms with Gasteiger partial charge in [-0.1, -0.05) is 35.9 Å². The number of nitrogens with one attached hydrogen (secondary N) is 1. The maximum Gasteiger partial charge on any atom is 0.123 e. The number of hydrogen-bond donors (Lipinski definition) is 1. The highest BCUT2D eigenvalue weighted by Gasteiger charge is 2.05. The van der Waals surface area contributed by atoms with Crippen molar-refractivity contribution in [1.29, 1.82) is 0 Å². The Morgan fingerprint density at radius 3 is 2.57 bits per heavy atom. The first-order chi connectivity index (χ1) is 10.2. The molecular weight excluding hydrogens is 262 g/mol. The van der Waals surface area contributed by atoms with Gasteiger partial charge >= 0.3 is 0 Å². The third-order valence-corrected chi connectivity index (χ3v) is 3.50. The second kappa shape index (κ2) is 7.70. The van der Waals surface area contributed by atoms with Crippen molar-refractivity contribution < 1.29 is 9.47 Å². The molecule has 112 valence electrons. The number of methoxy groups -OCH3 is 2. The van der Waals surface area contributed by atoms with Crippen LogP contribution in [-0.4, -0.2) is 20.8 Å². The molecule has 0 amide bonds. The molecule has 0 atom stereocenters. The normalized spacial score (nSPS) is 10.4. The number of aryl methyl sites for hydroxylation is 1. The monoisotopic (exact) mass is 285 g/mol. The topological polar surface area (TPSA) is 30.5 Å². The third kappa shape index (κ3) is 4.23. The van der Waals surface area contributed by atoms with E-state index < -0.39 is 0 Å². The van der Waals surface area contributed by atoms with Gasteiger partial charge < -0.3 is 14.8 Å². The van der Waals surface area contributed by atoms with Crippen molar-refractivity contribution in [1.82, 2.24) is 0 Å². The number of para-hydroxylation sites is 1. The molecule has 0 aliphatic carbocycles. The molecule has 2 aromatic carbocycles. The van der Waals surface area contributed by atoms with Crippen LogP contribution in [0.3, 0.4) is 0 Å². The molecule has 0 saturated carbocycles. The van der Waals surface area contributed by atoms with Crippen LogP contribution >= 0.6 is 0 Å². The Bertz CT molecular complexity index is 581. The van der Waals surface area contributed by atoms with Gasteiger partial charge in [0.1, 0.15) is 5.75 Å². The lowest BCUT2D eigenvalue weighted by molar-refractivity contribution is 0.202. The van der Waals surface area contributed by atoms with Crippen LogP contribution < -0.4 is 10.1 Å². The van der Waals surface area contributed by atoms with Crippen LogP contribution in [-0.2, 0) is 17.7 Å². The van der Waals surface area contributed by atoms with E-state index in [-0.39, 0.29) is 0 Å². The fourth-order valence-electron chi connectivity index (χ4n) is 2.36. The lowest BCUT2D eigenvalue weighted by Crippen LogP contribution is -2.05. The Labute approximate surface area is 126 Å². The van der Waals surface area contributed by atoms with E-state index in [1.54, 1.807) is 14.2 Å². The third-order valence-electron chi connectivity index (χ3n) is 3.50. The van der Waals surface area contributed by atoms with Crippen molar-refractivity contribution in [2.24, 2.45) is 0 Å². The van der Waals surface area contributed by atoms with E-state index >= 15 is 0 Å². The molecule has 0 fully saturated rings. The van der Waals surface area contributed by atoms with Crippen LogP contribution in [0.4, 0.5) is 5.69 Å². The Morgan fingerprint density at radius 2 is 1.81 bits per heavy atom. The summed E-state index contributed by atoms with van der Waals surface area (Å²) in [6.07, 6.45) is 0.907. The molecule has 0 aliphatic rings. The fraction of sp³-hybridized carbons (Fsp3) is 0.333. The minimum Gasteiger partial charge on any atom is -0.496 e. The average Bonchev–Trinajstić information content (AvgIpc) is 2.52. The van der Waals surface area contributed by atoms with Gasteiger partial charge in [0.05, 0.1) is 13.7 Å². The Hall–Kier alpha value is -2.00. The molecule has 3 heteroatoms. The molecule has 0 heterocycles. The number of ether oxygens (including phenoxy) is 2. The van der Waals surface area contributed by atoms with Gasteiger partial charge in [-0.05, 0) is 31.0 Å². The lowest BCUT2D eigenvalue weighted by atomic mass is 10.1. The number of anilines is 1. The van der Waals surface area contributed by atoms with Gasteiger partial charge in [-0.15, -0.1) is 0 Å². The molecule has 0 spiro atoms. The highest BCUT2D eigenvalue weighted by atomic mass is 16.5. The van der Waals surface area contributed by atoms with Gasteiger partial charge in [0.25, 0.3) is 0 Å². The number of rotatable bonds is 7. The van der Waals surface area contributed by atoms with E-state index in [1.807, 2.05) is 12.1 Å². The molecule has 0 radical (unpaired) electrons. The highest BCUT2D eigenvalue weighted by Crippen LogP contribution is 2.22. The van der Waals surface area contributed by atoms with Gasteiger partial charge in [-0.2, -0.15) is 0 Å². The van der Waals surface area contributed by atoms with Gasteiger partial charge in [0.15, 0.2) is 0 Å². The van der Waals surface area contributed by atoms with Crippen LogP contribution in [0, 0.1) is 6.92 Å². The van der Waals surface area contributed by atoms with E-state index in [2.05, 4.69) is 42.6 Å². The Balaban J connectivity index is 2.11. The van der Waals surface area contributed by atoms with Crippen molar-refractivity contribution in [3.8, 4) is 5.75 Å². The lowest BCUT2D eigenvalue weighted by Gasteiger charge is -2.14. The van der Waals surface area contributed by atoms with Gasteiger partial charge in [-0.25, -0.2) is 0 Å². The average molecular weight is 285 g/mol. The fourth-order valence-corrected chi connectivity index (χ4v) is 2.36. The van der Waals surface area contributed by atoms with Crippen molar-refractivity contribution in [3.63, 3.8) is 0 Å². The predicted octanol–water partition coefficient (Wildman–Crippen LogP) is 3.80. The highest BCUT2D eigenvalue weighted by molar-refractivity contribution is 5.52. The summed E-state index contributed by atoms with van der Waals surface area (Å²) >= 11 is 0. The second-order valence-electron chi connectivity index (χ2n) is 5.07. The summed E-state index contributed by atoms with van der Waals surface area (Å²) in [6, 6.07) is 14.6. The van der Waals surface area contributed by atoms with Crippen molar-refractivity contribution in [2.75, 3.05) is 26.1 Å². The SMILES string of the molecule is COCCc1ccccc1NCc1cc(C)ccc1OC. The molecular formula is C18H23NO2. The maximum absolute atomic E-state index is 5.42. The van der Waals surface area contributed by atoms with Crippen molar-refractivity contribution in [2.45, 2.75) is 19.9 Å². The number of benzene rings is 2. The zero-order chi connectivity index (χ0) is 15.1. The summed E-state index contributed by atoms with van der Waals surface area (Å²) in [5.74, 6) is 0.919. The first-order valence-corrected chi connectivity index (χ1v) is 7.19. The zero-order valence-electron chi connectivity index (χ0n) is 13.0.